The van der Waals surface area contributed by atoms with Crippen LogP contribution in [0.5, 0.6) is 5.75 Å². The average Bonchev–Trinajstić information content (AvgIpc) is 2.57. The molecule has 0 aliphatic heterocycles. The average molecular weight is 378 g/mol. The third-order valence-electron chi connectivity index (χ3n) is 3.10. The van der Waals surface area contributed by atoms with E-state index < -0.39 is 11.9 Å². The maximum atomic E-state index is 12.2. The SMILES string of the molecule is CCOc1ccc(C(=O)NC(=S)Nc2ccc(C(=O)[O-])cc2)cc1Cl. The summed E-state index contributed by atoms with van der Waals surface area (Å²) in [5, 5.41) is 16.4. The summed E-state index contributed by atoms with van der Waals surface area (Å²) < 4.78 is 5.31. The van der Waals surface area contributed by atoms with Gasteiger partial charge in [-0.1, -0.05) is 23.7 Å². The summed E-state index contributed by atoms with van der Waals surface area (Å²) >= 11 is 11.1. The van der Waals surface area contributed by atoms with E-state index in [4.69, 9.17) is 28.6 Å². The van der Waals surface area contributed by atoms with Gasteiger partial charge in [0.25, 0.3) is 5.91 Å². The van der Waals surface area contributed by atoms with Crippen LogP contribution in [0.2, 0.25) is 5.02 Å². The van der Waals surface area contributed by atoms with E-state index >= 15 is 0 Å². The van der Waals surface area contributed by atoms with Crippen molar-refractivity contribution in [3.63, 3.8) is 0 Å². The van der Waals surface area contributed by atoms with Gasteiger partial charge < -0.3 is 20.0 Å². The van der Waals surface area contributed by atoms with Gasteiger partial charge in [0.2, 0.25) is 0 Å². The molecule has 0 fully saturated rings. The number of carboxylic acids is 1. The van der Waals surface area contributed by atoms with E-state index in [1.54, 1.807) is 12.1 Å². The number of aromatic carboxylic acids is 1. The van der Waals surface area contributed by atoms with Gasteiger partial charge in [-0.05, 0) is 55.0 Å². The van der Waals surface area contributed by atoms with Crippen molar-refractivity contribution in [2.45, 2.75) is 6.92 Å². The summed E-state index contributed by atoms with van der Waals surface area (Å²) in [6.07, 6.45) is 0. The highest BCUT2D eigenvalue weighted by Crippen LogP contribution is 2.25. The van der Waals surface area contributed by atoms with Crippen molar-refractivity contribution in [1.82, 2.24) is 5.32 Å². The molecule has 1 amide bonds. The van der Waals surface area contributed by atoms with E-state index in [-0.39, 0.29) is 10.7 Å². The van der Waals surface area contributed by atoms with Crippen molar-refractivity contribution < 1.29 is 19.4 Å². The molecular formula is C17H14ClN2O4S-. The summed E-state index contributed by atoms with van der Waals surface area (Å²) in [6.45, 7) is 2.30. The molecule has 0 heterocycles. The molecule has 0 aliphatic carbocycles. The fourth-order valence-electron chi connectivity index (χ4n) is 1.94. The predicted octanol–water partition coefficient (Wildman–Crippen LogP) is 2.23. The fraction of sp³-hybridized carbons (Fsp3) is 0.118. The first-order valence-electron chi connectivity index (χ1n) is 7.26. The maximum absolute atomic E-state index is 12.2. The van der Waals surface area contributed by atoms with Crippen LogP contribution in [0.3, 0.4) is 0 Å². The van der Waals surface area contributed by atoms with Gasteiger partial charge in [-0.25, -0.2) is 0 Å². The second-order valence-electron chi connectivity index (χ2n) is 4.85. The van der Waals surface area contributed by atoms with Crippen LogP contribution in [-0.4, -0.2) is 23.6 Å². The van der Waals surface area contributed by atoms with Gasteiger partial charge in [0.1, 0.15) is 5.75 Å². The van der Waals surface area contributed by atoms with Crippen LogP contribution in [0, 0.1) is 0 Å². The van der Waals surface area contributed by atoms with Crippen molar-refractivity contribution in [2.24, 2.45) is 0 Å². The molecule has 0 spiro atoms. The molecule has 0 aromatic heterocycles. The molecule has 0 unspecified atom stereocenters. The standard InChI is InChI=1S/C17H15ClN2O4S/c1-2-24-14-8-5-11(9-13(14)18)15(21)20-17(25)19-12-6-3-10(4-7-12)16(22)23/h3-9H,2H2,1H3,(H,22,23)(H2,19,20,21,25)/p-1. The fourth-order valence-corrected chi connectivity index (χ4v) is 2.39. The third kappa shape index (κ3) is 5.17. The molecule has 25 heavy (non-hydrogen) atoms. The lowest BCUT2D eigenvalue weighted by molar-refractivity contribution is -0.255. The van der Waals surface area contributed by atoms with Crippen LogP contribution < -0.4 is 20.5 Å². The Morgan fingerprint density at radius 3 is 2.36 bits per heavy atom. The predicted molar refractivity (Wildman–Crippen MR) is 97.1 cm³/mol. The highest BCUT2D eigenvalue weighted by Gasteiger charge is 2.11. The minimum Gasteiger partial charge on any atom is -0.545 e. The molecule has 0 aliphatic rings. The van der Waals surface area contributed by atoms with Crippen LogP contribution in [0.4, 0.5) is 5.69 Å². The molecule has 8 heteroatoms. The number of anilines is 1. The normalized spacial score (nSPS) is 10.0. The number of hydrogen-bond acceptors (Lipinski definition) is 5. The van der Waals surface area contributed by atoms with Gasteiger partial charge >= 0.3 is 0 Å². The number of hydrogen-bond donors (Lipinski definition) is 2. The van der Waals surface area contributed by atoms with Gasteiger partial charge in [-0.3, -0.25) is 10.1 Å². The van der Waals surface area contributed by atoms with Crippen molar-refractivity contribution in [3.05, 3.63) is 58.6 Å². The Hall–Kier alpha value is -2.64. The van der Waals surface area contributed by atoms with Gasteiger partial charge in [0.15, 0.2) is 5.11 Å². The van der Waals surface area contributed by atoms with Crippen LogP contribution >= 0.6 is 23.8 Å². The minimum atomic E-state index is -1.27. The lowest BCUT2D eigenvalue weighted by atomic mass is 10.2. The second kappa shape index (κ2) is 8.46. The first-order chi connectivity index (χ1) is 11.9. The Labute approximate surface area is 154 Å². The van der Waals surface area contributed by atoms with Crippen LogP contribution in [-0.2, 0) is 0 Å². The van der Waals surface area contributed by atoms with Crippen molar-refractivity contribution in [1.29, 1.82) is 0 Å². The van der Waals surface area contributed by atoms with E-state index in [9.17, 15) is 14.7 Å². The lowest BCUT2D eigenvalue weighted by Crippen LogP contribution is -2.34. The molecule has 2 aromatic carbocycles. The van der Waals surface area contributed by atoms with Gasteiger partial charge in [0.05, 0.1) is 17.6 Å². The summed E-state index contributed by atoms with van der Waals surface area (Å²) in [7, 11) is 0. The number of carbonyl (C=O) groups is 2. The van der Waals surface area contributed by atoms with E-state index in [0.29, 0.717) is 28.6 Å². The topological polar surface area (TPSA) is 90.5 Å². The summed E-state index contributed by atoms with van der Waals surface area (Å²) in [6, 6.07) is 10.4. The third-order valence-corrected chi connectivity index (χ3v) is 3.60. The van der Waals surface area contributed by atoms with Gasteiger partial charge in [-0.15, -0.1) is 0 Å². The zero-order chi connectivity index (χ0) is 18.4. The van der Waals surface area contributed by atoms with Gasteiger partial charge in [-0.2, -0.15) is 0 Å². The Morgan fingerprint density at radius 2 is 1.80 bits per heavy atom. The lowest BCUT2D eigenvalue weighted by Gasteiger charge is -2.11. The molecule has 0 saturated carbocycles. The van der Waals surface area contributed by atoms with Crippen molar-refractivity contribution in [2.75, 3.05) is 11.9 Å². The minimum absolute atomic E-state index is 0.0459. The quantitative estimate of drug-likeness (QED) is 0.776. The Bertz CT molecular complexity index is 809. The number of carboxylic acid groups (broad SMARTS) is 1. The number of benzene rings is 2. The maximum Gasteiger partial charge on any atom is 0.257 e. The van der Waals surface area contributed by atoms with Crippen LogP contribution in [0.1, 0.15) is 27.6 Å². The Kier molecular flexibility index (Phi) is 6.32. The highest BCUT2D eigenvalue weighted by atomic mass is 35.5. The number of nitrogens with one attached hydrogen (secondary N) is 2. The molecule has 2 rings (SSSR count). The van der Waals surface area contributed by atoms with Crippen molar-refractivity contribution >= 4 is 46.5 Å². The Morgan fingerprint density at radius 1 is 1.16 bits per heavy atom. The first kappa shape index (κ1) is 18.7. The molecule has 2 aromatic rings. The second-order valence-corrected chi connectivity index (χ2v) is 5.67. The van der Waals surface area contributed by atoms with Crippen LogP contribution in [0.15, 0.2) is 42.5 Å². The number of amides is 1. The van der Waals surface area contributed by atoms with E-state index in [2.05, 4.69) is 10.6 Å². The zero-order valence-electron chi connectivity index (χ0n) is 13.2. The van der Waals surface area contributed by atoms with E-state index in [0.717, 1.165) is 0 Å². The molecule has 0 bridgehead atoms. The number of carbonyl (C=O) groups excluding carboxylic acids is 2. The molecule has 2 N–H and O–H groups in total. The number of thiocarbonyl (C=S) groups is 1. The molecule has 6 nitrogen and oxygen atoms in total. The Balaban J connectivity index is 1.99. The number of ether oxygens (including phenoxy) is 1. The molecule has 130 valence electrons. The zero-order valence-corrected chi connectivity index (χ0v) is 14.7. The number of halogens is 1. The van der Waals surface area contributed by atoms with Gasteiger partial charge in [0, 0.05) is 11.3 Å². The number of rotatable bonds is 5. The van der Waals surface area contributed by atoms with Crippen molar-refractivity contribution in [3.8, 4) is 5.75 Å². The molecular weight excluding hydrogens is 364 g/mol. The van der Waals surface area contributed by atoms with E-state index in [1.807, 2.05) is 6.92 Å². The summed E-state index contributed by atoms with van der Waals surface area (Å²) in [5.41, 5.74) is 0.898. The largest absolute Gasteiger partial charge is 0.545 e. The molecule has 0 saturated heterocycles. The molecule has 0 radical (unpaired) electrons. The first-order valence-corrected chi connectivity index (χ1v) is 8.05. The summed E-state index contributed by atoms with van der Waals surface area (Å²) in [4.78, 5) is 22.9. The summed E-state index contributed by atoms with van der Waals surface area (Å²) in [5.74, 6) is -1.21. The smallest absolute Gasteiger partial charge is 0.257 e. The highest BCUT2D eigenvalue weighted by molar-refractivity contribution is 7.80. The van der Waals surface area contributed by atoms with E-state index in [1.165, 1.54) is 30.3 Å². The van der Waals surface area contributed by atoms with Crippen LogP contribution in [0.25, 0.3) is 0 Å². The monoisotopic (exact) mass is 377 g/mol. The molecule has 0 atom stereocenters.